The molecule has 1 N–H and O–H groups in total. The van der Waals surface area contributed by atoms with E-state index >= 15 is 0 Å². The summed E-state index contributed by atoms with van der Waals surface area (Å²) in [5.74, 6) is 1.12. The zero-order valence-electron chi connectivity index (χ0n) is 13.0. The summed E-state index contributed by atoms with van der Waals surface area (Å²) in [6.45, 7) is 3.83. The molecule has 4 fully saturated rings. The van der Waals surface area contributed by atoms with Crippen LogP contribution in [-0.2, 0) is 14.3 Å². The van der Waals surface area contributed by atoms with Gasteiger partial charge in [0, 0.05) is 0 Å². The van der Waals surface area contributed by atoms with Crippen LogP contribution in [0.1, 0.15) is 58.8 Å². The van der Waals surface area contributed by atoms with Crippen LogP contribution in [0.15, 0.2) is 0 Å². The molecule has 4 nitrogen and oxygen atoms in total. The van der Waals surface area contributed by atoms with Crippen LogP contribution < -0.4 is 0 Å². The third kappa shape index (κ3) is 2.82. The van der Waals surface area contributed by atoms with E-state index in [0.717, 1.165) is 19.3 Å². The molecule has 4 aliphatic rings. The van der Waals surface area contributed by atoms with Gasteiger partial charge in [-0.1, -0.05) is 13.8 Å². The minimum absolute atomic E-state index is 0.0407. The van der Waals surface area contributed by atoms with E-state index in [-0.39, 0.29) is 23.7 Å². The number of carbonyl (C=O) groups is 2. The fourth-order valence-corrected chi connectivity index (χ4v) is 5.21. The Kier molecular flexibility index (Phi) is 3.74. The Morgan fingerprint density at radius 1 is 1.10 bits per heavy atom. The summed E-state index contributed by atoms with van der Waals surface area (Å²) in [6.07, 6.45) is 6.18. The van der Waals surface area contributed by atoms with Gasteiger partial charge in [0.2, 0.25) is 0 Å². The summed E-state index contributed by atoms with van der Waals surface area (Å²) in [6, 6.07) is 0. The van der Waals surface area contributed by atoms with Gasteiger partial charge in [-0.3, -0.25) is 9.59 Å². The van der Waals surface area contributed by atoms with Crippen molar-refractivity contribution < 1.29 is 19.4 Å². The van der Waals surface area contributed by atoms with Crippen molar-refractivity contribution in [1.82, 2.24) is 0 Å². The summed E-state index contributed by atoms with van der Waals surface area (Å²) >= 11 is 0. The summed E-state index contributed by atoms with van der Waals surface area (Å²) in [7, 11) is 0. The van der Waals surface area contributed by atoms with Crippen molar-refractivity contribution in [2.45, 2.75) is 64.9 Å². The zero-order chi connectivity index (χ0) is 15.2. The number of rotatable bonds is 5. The highest BCUT2D eigenvalue weighted by Crippen LogP contribution is 2.60. The average molecular weight is 294 g/mol. The van der Waals surface area contributed by atoms with Gasteiger partial charge < -0.3 is 9.84 Å². The Balaban J connectivity index is 1.71. The van der Waals surface area contributed by atoms with Crippen molar-refractivity contribution in [2.75, 3.05) is 0 Å². The van der Waals surface area contributed by atoms with E-state index in [1.54, 1.807) is 0 Å². The molecule has 118 valence electrons. The van der Waals surface area contributed by atoms with E-state index in [2.05, 4.69) is 0 Å². The van der Waals surface area contributed by atoms with Crippen molar-refractivity contribution in [2.24, 2.45) is 29.1 Å². The van der Waals surface area contributed by atoms with E-state index in [1.165, 1.54) is 19.3 Å². The van der Waals surface area contributed by atoms with E-state index < -0.39 is 12.1 Å². The number of carboxylic acids is 1. The Labute approximate surface area is 126 Å². The topological polar surface area (TPSA) is 63.6 Å². The highest BCUT2D eigenvalue weighted by atomic mass is 16.5. The van der Waals surface area contributed by atoms with E-state index in [4.69, 9.17) is 9.84 Å². The van der Waals surface area contributed by atoms with Gasteiger partial charge in [0.1, 0.15) is 6.10 Å². The molecule has 0 radical (unpaired) electrons. The summed E-state index contributed by atoms with van der Waals surface area (Å²) in [5, 5.41) is 8.99. The third-order valence-electron chi connectivity index (χ3n) is 5.85. The molecule has 21 heavy (non-hydrogen) atoms. The molecule has 0 aliphatic heterocycles. The van der Waals surface area contributed by atoms with E-state index in [9.17, 15) is 9.59 Å². The van der Waals surface area contributed by atoms with Crippen LogP contribution >= 0.6 is 0 Å². The van der Waals surface area contributed by atoms with Crippen LogP contribution in [0.5, 0.6) is 0 Å². The molecular formula is C17H26O4. The lowest BCUT2D eigenvalue weighted by molar-refractivity contribution is -0.180. The molecule has 0 heterocycles. The molecule has 4 saturated carbocycles. The van der Waals surface area contributed by atoms with Gasteiger partial charge in [-0.25, -0.2) is 0 Å². The second kappa shape index (κ2) is 5.29. The average Bonchev–Trinajstić information content (AvgIpc) is 2.35. The van der Waals surface area contributed by atoms with Gasteiger partial charge in [0.15, 0.2) is 0 Å². The quantitative estimate of drug-likeness (QED) is 0.791. The first-order chi connectivity index (χ1) is 9.88. The van der Waals surface area contributed by atoms with Crippen molar-refractivity contribution in [3.8, 4) is 0 Å². The Morgan fingerprint density at radius 3 is 1.95 bits per heavy atom. The molecule has 0 aromatic heterocycles. The second-order valence-corrected chi connectivity index (χ2v) is 7.98. The molecule has 0 aromatic rings. The summed E-state index contributed by atoms with van der Waals surface area (Å²) in [4.78, 5) is 23.7. The van der Waals surface area contributed by atoms with E-state index in [1.807, 2.05) is 13.8 Å². The monoisotopic (exact) mass is 294 g/mol. The maximum atomic E-state index is 12.8. The molecule has 0 amide bonds. The number of ether oxygens (including phenoxy) is 1. The van der Waals surface area contributed by atoms with Crippen molar-refractivity contribution >= 4 is 11.9 Å². The standard InChI is InChI=1S/C17H26O4/c1-10(2)14(6-15(18)19)21-16(20)17-7-11-3-12(8-17)5-13(4-11)9-17/h10-14H,3-9H2,1-2H3,(H,18,19). The number of hydrogen-bond donors (Lipinski definition) is 1. The number of aliphatic carboxylic acids is 1. The lowest BCUT2D eigenvalue weighted by Crippen LogP contribution is -2.51. The molecule has 4 rings (SSSR count). The highest BCUT2D eigenvalue weighted by Gasteiger charge is 2.55. The molecule has 4 heteroatoms. The zero-order valence-corrected chi connectivity index (χ0v) is 13.0. The van der Waals surface area contributed by atoms with Crippen LogP contribution in [0.25, 0.3) is 0 Å². The maximum Gasteiger partial charge on any atom is 0.312 e. The minimum Gasteiger partial charge on any atom is -0.481 e. The Bertz CT molecular complexity index is 405. The van der Waals surface area contributed by atoms with Crippen LogP contribution in [0.2, 0.25) is 0 Å². The van der Waals surface area contributed by atoms with E-state index in [0.29, 0.717) is 17.8 Å². The van der Waals surface area contributed by atoms with Crippen LogP contribution in [0.4, 0.5) is 0 Å². The van der Waals surface area contributed by atoms with Crippen LogP contribution in [0.3, 0.4) is 0 Å². The van der Waals surface area contributed by atoms with Crippen LogP contribution in [0, 0.1) is 29.1 Å². The SMILES string of the molecule is CC(C)C(CC(=O)O)OC(=O)C12CC3CC(CC(C3)C1)C2. The fraction of sp³-hybridized carbons (Fsp3) is 0.882. The lowest BCUT2D eigenvalue weighted by atomic mass is 9.49. The number of esters is 1. The fourth-order valence-electron chi connectivity index (χ4n) is 5.21. The van der Waals surface area contributed by atoms with Crippen LogP contribution in [-0.4, -0.2) is 23.1 Å². The second-order valence-electron chi connectivity index (χ2n) is 7.98. The van der Waals surface area contributed by atoms with Crippen molar-refractivity contribution in [3.63, 3.8) is 0 Å². The lowest BCUT2D eigenvalue weighted by Gasteiger charge is -2.55. The number of hydrogen-bond acceptors (Lipinski definition) is 3. The smallest absolute Gasteiger partial charge is 0.312 e. The first-order valence-corrected chi connectivity index (χ1v) is 8.31. The van der Waals surface area contributed by atoms with Gasteiger partial charge >= 0.3 is 11.9 Å². The molecule has 0 aromatic carbocycles. The van der Waals surface area contributed by atoms with Gasteiger partial charge in [0.05, 0.1) is 11.8 Å². The molecule has 4 aliphatic carbocycles. The number of carboxylic acid groups (broad SMARTS) is 1. The van der Waals surface area contributed by atoms with Gasteiger partial charge in [-0.15, -0.1) is 0 Å². The van der Waals surface area contributed by atoms with Gasteiger partial charge in [0.25, 0.3) is 0 Å². The minimum atomic E-state index is -0.896. The largest absolute Gasteiger partial charge is 0.481 e. The first-order valence-electron chi connectivity index (χ1n) is 8.31. The predicted molar refractivity (Wildman–Crippen MR) is 77.6 cm³/mol. The Hall–Kier alpha value is -1.06. The molecule has 1 unspecified atom stereocenters. The summed E-state index contributed by atoms with van der Waals surface area (Å²) in [5.41, 5.74) is -0.291. The normalized spacial score (nSPS) is 38.5. The molecule has 4 bridgehead atoms. The predicted octanol–water partition coefficient (Wildman–Crippen LogP) is 3.25. The third-order valence-corrected chi connectivity index (χ3v) is 5.85. The Morgan fingerprint density at radius 2 is 1.57 bits per heavy atom. The van der Waals surface area contributed by atoms with Crippen molar-refractivity contribution in [3.05, 3.63) is 0 Å². The van der Waals surface area contributed by atoms with Gasteiger partial charge in [-0.2, -0.15) is 0 Å². The van der Waals surface area contributed by atoms with Gasteiger partial charge in [-0.05, 0) is 62.2 Å². The highest BCUT2D eigenvalue weighted by molar-refractivity contribution is 5.78. The number of carbonyl (C=O) groups excluding carboxylic acids is 1. The molecular weight excluding hydrogens is 268 g/mol. The first kappa shape index (κ1) is 14.9. The summed E-state index contributed by atoms with van der Waals surface area (Å²) < 4.78 is 5.69. The molecule has 1 atom stereocenters. The molecule has 0 saturated heterocycles. The molecule has 0 spiro atoms. The van der Waals surface area contributed by atoms with Crippen molar-refractivity contribution in [1.29, 1.82) is 0 Å². The maximum absolute atomic E-state index is 12.8.